The van der Waals surface area contributed by atoms with E-state index < -0.39 is 5.82 Å². The summed E-state index contributed by atoms with van der Waals surface area (Å²) in [6.45, 7) is 0.331. The van der Waals surface area contributed by atoms with Gasteiger partial charge in [0.1, 0.15) is 5.82 Å². The van der Waals surface area contributed by atoms with E-state index in [9.17, 15) is 9.18 Å². The summed E-state index contributed by atoms with van der Waals surface area (Å²) in [5.74, 6) is -0.413. The van der Waals surface area contributed by atoms with Crippen molar-refractivity contribution in [1.82, 2.24) is 15.5 Å². The average Bonchev–Trinajstić information content (AvgIpc) is 2.81. The Bertz CT molecular complexity index is 542. The fourth-order valence-electron chi connectivity index (χ4n) is 1.42. The monoisotopic (exact) mass is 250 g/mol. The number of carbonyl (C=O) groups is 1. The third-order valence-corrected chi connectivity index (χ3v) is 2.29. The predicted octanol–water partition coefficient (Wildman–Crippen LogP) is 0.763. The Balaban J connectivity index is 1.91. The topological polar surface area (TPSA) is 94.0 Å². The second-order valence-corrected chi connectivity index (χ2v) is 3.57. The Labute approximate surface area is 102 Å². The molecule has 0 aliphatic heterocycles. The van der Waals surface area contributed by atoms with Gasteiger partial charge in [0.25, 0.3) is 5.91 Å². The number of nitrogens with zero attached hydrogens (tertiary/aromatic N) is 2. The fraction of sp³-hybridized carbons (Fsp3) is 0.182. The summed E-state index contributed by atoms with van der Waals surface area (Å²) in [5, 5.41) is 6.07. The van der Waals surface area contributed by atoms with Crippen LogP contribution in [0.3, 0.4) is 0 Å². The highest BCUT2D eigenvalue weighted by Gasteiger charge is 2.10. The molecule has 1 aromatic carbocycles. The minimum absolute atomic E-state index is 0.102. The Morgan fingerprint density at radius 3 is 3.00 bits per heavy atom. The molecule has 2 aromatic rings. The Morgan fingerprint density at radius 2 is 2.33 bits per heavy atom. The number of anilines is 1. The number of halogens is 1. The molecule has 3 N–H and O–H groups in total. The first-order valence-corrected chi connectivity index (χ1v) is 5.25. The first-order valence-electron chi connectivity index (χ1n) is 5.25. The number of nitrogen functional groups attached to an aromatic ring is 1. The molecule has 0 spiro atoms. The second-order valence-electron chi connectivity index (χ2n) is 3.57. The van der Waals surface area contributed by atoms with Gasteiger partial charge in [-0.2, -0.15) is 4.98 Å². The Morgan fingerprint density at radius 1 is 1.50 bits per heavy atom. The van der Waals surface area contributed by atoms with Crippen LogP contribution in [0.5, 0.6) is 0 Å². The number of hydrogen-bond donors (Lipinski definition) is 2. The third-order valence-electron chi connectivity index (χ3n) is 2.29. The molecule has 1 heterocycles. The largest absolute Gasteiger partial charge is 0.398 e. The molecule has 7 heteroatoms. The molecule has 0 radical (unpaired) electrons. The molecule has 2 rings (SSSR count). The normalized spacial score (nSPS) is 10.3. The van der Waals surface area contributed by atoms with Crippen LogP contribution in [-0.2, 0) is 6.42 Å². The molecule has 6 nitrogen and oxygen atoms in total. The standard InChI is InChI=1S/C11H11FN4O2/c12-7-1-2-8(9(13)5-7)11(17)14-4-3-10-15-6-16-18-10/h1-2,5-6H,3-4,13H2,(H,14,17). The van der Waals surface area contributed by atoms with Gasteiger partial charge < -0.3 is 15.6 Å². The SMILES string of the molecule is Nc1cc(F)ccc1C(=O)NCCc1ncno1. The van der Waals surface area contributed by atoms with Crippen LogP contribution < -0.4 is 11.1 Å². The number of nitrogens with one attached hydrogen (secondary N) is 1. The summed E-state index contributed by atoms with van der Waals surface area (Å²) in [5.41, 5.74) is 5.89. The zero-order valence-electron chi connectivity index (χ0n) is 9.39. The maximum atomic E-state index is 12.8. The zero-order chi connectivity index (χ0) is 13.0. The molecular formula is C11H11FN4O2. The molecule has 1 aromatic heterocycles. The zero-order valence-corrected chi connectivity index (χ0v) is 9.39. The van der Waals surface area contributed by atoms with Crippen molar-refractivity contribution in [3.63, 3.8) is 0 Å². The van der Waals surface area contributed by atoms with E-state index in [1.165, 1.54) is 18.5 Å². The van der Waals surface area contributed by atoms with Crippen LogP contribution in [0, 0.1) is 5.82 Å². The first kappa shape index (κ1) is 12.0. The van der Waals surface area contributed by atoms with Crippen molar-refractivity contribution in [2.75, 3.05) is 12.3 Å². The summed E-state index contributed by atoms with van der Waals surface area (Å²) < 4.78 is 17.6. The molecule has 0 fully saturated rings. The highest BCUT2D eigenvalue weighted by atomic mass is 19.1. The van der Waals surface area contributed by atoms with Crippen LogP contribution in [-0.4, -0.2) is 22.6 Å². The summed E-state index contributed by atoms with van der Waals surface area (Å²) in [6.07, 6.45) is 1.71. The first-order chi connectivity index (χ1) is 8.66. The van der Waals surface area contributed by atoms with Crippen molar-refractivity contribution in [2.24, 2.45) is 0 Å². The van der Waals surface area contributed by atoms with Crippen molar-refractivity contribution in [3.8, 4) is 0 Å². The highest BCUT2D eigenvalue weighted by Crippen LogP contribution is 2.12. The number of aromatic nitrogens is 2. The Kier molecular flexibility index (Phi) is 3.52. The number of amides is 1. The molecule has 0 saturated heterocycles. The molecule has 0 atom stereocenters. The lowest BCUT2D eigenvalue weighted by Crippen LogP contribution is -2.26. The van der Waals surface area contributed by atoms with Gasteiger partial charge in [0.15, 0.2) is 6.33 Å². The van der Waals surface area contributed by atoms with Gasteiger partial charge in [-0.3, -0.25) is 4.79 Å². The third kappa shape index (κ3) is 2.82. The molecule has 1 amide bonds. The van der Waals surface area contributed by atoms with Gasteiger partial charge in [0, 0.05) is 18.7 Å². The molecule has 0 saturated carbocycles. The van der Waals surface area contributed by atoms with Crippen LogP contribution >= 0.6 is 0 Å². The molecule has 94 valence electrons. The van der Waals surface area contributed by atoms with Crippen LogP contribution in [0.2, 0.25) is 0 Å². The molecule has 0 unspecified atom stereocenters. The van der Waals surface area contributed by atoms with E-state index in [2.05, 4.69) is 15.5 Å². The summed E-state index contributed by atoms with van der Waals surface area (Å²) >= 11 is 0. The lowest BCUT2D eigenvalue weighted by Gasteiger charge is -2.06. The summed E-state index contributed by atoms with van der Waals surface area (Å²) in [4.78, 5) is 15.5. The van der Waals surface area contributed by atoms with Gasteiger partial charge in [-0.05, 0) is 18.2 Å². The predicted molar refractivity (Wildman–Crippen MR) is 61.1 cm³/mol. The van der Waals surface area contributed by atoms with E-state index in [1.807, 2.05) is 0 Å². The molecule has 0 bridgehead atoms. The van der Waals surface area contributed by atoms with Crippen LogP contribution in [0.1, 0.15) is 16.2 Å². The van der Waals surface area contributed by atoms with E-state index in [4.69, 9.17) is 10.3 Å². The van der Waals surface area contributed by atoms with Crippen molar-refractivity contribution in [2.45, 2.75) is 6.42 Å². The van der Waals surface area contributed by atoms with E-state index in [-0.39, 0.29) is 17.2 Å². The number of hydrogen-bond acceptors (Lipinski definition) is 5. The summed E-state index contributed by atoms with van der Waals surface area (Å²) in [6, 6.07) is 3.63. The van der Waals surface area contributed by atoms with Crippen LogP contribution in [0.15, 0.2) is 29.0 Å². The van der Waals surface area contributed by atoms with Gasteiger partial charge in [-0.15, -0.1) is 0 Å². The van der Waals surface area contributed by atoms with Gasteiger partial charge in [-0.1, -0.05) is 5.16 Å². The number of carbonyl (C=O) groups excluding carboxylic acids is 1. The maximum Gasteiger partial charge on any atom is 0.253 e. The molecule has 0 aliphatic rings. The fourth-order valence-corrected chi connectivity index (χ4v) is 1.42. The van der Waals surface area contributed by atoms with Crippen molar-refractivity contribution < 1.29 is 13.7 Å². The van der Waals surface area contributed by atoms with E-state index in [1.54, 1.807) is 0 Å². The Hall–Kier alpha value is -2.44. The minimum Gasteiger partial charge on any atom is -0.398 e. The van der Waals surface area contributed by atoms with Crippen LogP contribution in [0.4, 0.5) is 10.1 Å². The lowest BCUT2D eigenvalue weighted by molar-refractivity contribution is 0.0954. The van der Waals surface area contributed by atoms with Crippen LogP contribution in [0.25, 0.3) is 0 Å². The number of rotatable bonds is 4. The number of nitrogens with two attached hydrogens (primary N) is 1. The second kappa shape index (κ2) is 5.26. The van der Waals surface area contributed by atoms with Crippen molar-refractivity contribution >= 4 is 11.6 Å². The minimum atomic E-state index is -0.477. The van der Waals surface area contributed by atoms with Gasteiger partial charge >= 0.3 is 0 Å². The van der Waals surface area contributed by atoms with E-state index >= 15 is 0 Å². The highest BCUT2D eigenvalue weighted by molar-refractivity contribution is 5.99. The van der Waals surface area contributed by atoms with Gasteiger partial charge in [-0.25, -0.2) is 4.39 Å². The lowest BCUT2D eigenvalue weighted by atomic mass is 10.1. The average molecular weight is 250 g/mol. The van der Waals surface area contributed by atoms with Gasteiger partial charge in [0.2, 0.25) is 5.89 Å². The van der Waals surface area contributed by atoms with E-state index in [0.29, 0.717) is 18.9 Å². The maximum absolute atomic E-state index is 12.8. The van der Waals surface area contributed by atoms with Crippen molar-refractivity contribution in [1.29, 1.82) is 0 Å². The van der Waals surface area contributed by atoms with Gasteiger partial charge in [0.05, 0.1) is 5.56 Å². The smallest absolute Gasteiger partial charge is 0.253 e. The number of benzene rings is 1. The molecule has 18 heavy (non-hydrogen) atoms. The molecular weight excluding hydrogens is 239 g/mol. The van der Waals surface area contributed by atoms with E-state index in [0.717, 1.165) is 6.07 Å². The molecule has 0 aliphatic carbocycles. The van der Waals surface area contributed by atoms with Crippen molar-refractivity contribution in [3.05, 3.63) is 41.8 Å². The quantitative estimate of drug-likeness (QED) is 0.781. The summed E-state index contributed by atoms with van der Waals surface area (Å²) in [7, 11) is 0.